The predicted octanol–water partition coefficient (Wildman–Crippen LogP) is 1.73. The van der Waals surface area contributed by atoms with Crippen LogP contribution in [0.5, 0.6) is 0 Å². The van der Waals surface area contributed by atoms with Gasteiger partial charge >= 0.3 is 0 Å². The number of benzene rings is 1. The van der Waals surface area contributed by atoms with Crippen molar-refractivity contribution in [2.75, 3.05) is 19.7 Å². The van der Waals surface area contributed by atoms with Crippen molar-refractivity contribution < 1.29 is 22.3 Å². The number of likely N-dealkylation sites (N-methyl/N-ethyl adjacent to an activating group) is 1. The number of halogens is 3. The summed E-state index contributed by atoms with van der Waals surface area (Å²) in [6.07, 6.45) is 0. The molecule has 0 amide bonds. The zero-order valence-electron chi connectivity index (χ0n) is 9.53. The second-order valence-electron chi connectivity index (χ2n) is 3.42. The van der Waals surface area contributed by atoms with E-state index in [-0.39, 0.29) is 29.1 Å². The van der Waals surface area contributed by atoms with Gasteiger partial charge in [0.05, 0.1) is 11.5 Å². The van der Waals surface area contributed by atoms with E-state index in [2.05, 4.69) is 15.9 Å². The fourth-order valence-corrected chi connectivity index (χ4v) is 3.83. The number of sulfonamides is 1. The quantitative estimate of drug-likeness (QED) is 0.828. The van der Waals surface area contributed by atoms with Crippen molar-refractivity contribution in [3.05, 3.63) is 28.2 Å². The molecule has 0 heterocycles. The van der Waals surface area contributed by atoms with Crippen LogP contribution in [0.2, 0.25) is 0 Å². The molecule has 1 aromatic carbocycles. The molecule has 102 valence electrons. The monoisotopic (exact) mass is 343 g/mol. The van der Waals surface area contributed by atoms with Gasteiger partial charge in [0.1, 0.15) is 0 Å². The van der Waals surface area contributed by atoms with Gasteiger partial charge in [0.15, 0.2) is 11.6 Å². The molecule has 0 aliphatic carbocycles. The topological polar surface area (TPSA) is 57.6 Å². The molecule has 0 saturated carbocycles. The van der Waals surface area contributed by atoms with Crippen molar-refractivity contribution in [2.45, 2.75) is 11.8 Å². The van der Waals surface area contributed by atoms with Crippen molar-refractivity contribution in [3.63, 3.8) is 0 Å². The number of aliphatic hydroxyl groups excluding tert-OH is 1. The minimum Gasteiger partial charge on any atom is -0.395 e. The summed E-state index contributed by atoms with van der Waals surface area (Å²) in [7, 11) is -3.96. The Morgan fingerprint density at radius 2 is 1.89 bits per heavy atom. The van der Waals surface area contributed by atoms with Crippen molar-refractivity contribution in [1.82, 2.24) is 4.31 Å². The Balaban J connectivity index is 3.32. The van der Waals surface area contributed by atoms with Crippen LogP contribution in [0.25, 0.3) is 0 Å². The largest absolute Gasteiger partial charge is 0.395 e. The van der Waals surface area contributed by atoms with E-state index in [1.54, 1.807) is 6.92 Å². The highest BCUT2D eigenvalue weighted by Gasteiger charge is 2.26. The minimum atomic E-state index is -3.96. The van der Waals surface area contributed by atoms with E-state index in [4.69, 9.17) is 5.11 Å². The van der Waals surface area contributed by atoms with Crippen LogP contribution in [0, 0.1) is 11.6 Å². The first kappa shape index (κ1) is 15.5. The Labute approximate surface area is 112 Å². The Morgan fingerprint density at radius 3 is 2.39 bits per heavy atom. The zero-order valence-corrected chi connectivity index (χ0v) is 11.9. The highest BCUT2D eigenvalue weighted by atomic mass is 79.9. The molecule has 0 saturated heterocycles. The van der Waals surface area contributed by atoms with Gasteiger partial charge in [-0.1, -0.05) is 6.92 Å². The molecule has 1 rings (SSSR count). The molecule has 0 bridgehead atoms. The fourth-order valence-electron chi connectivity index (χ4n) is 1.40. The molecule has 1 aromatic rings. The maximum absolute atomic E-state index is 13.1. The third-order valence-corrected chi connectivity index (χ3v) is 5.23. The van der Waals surface area contributed by atoms with Crippen molar-refractivity contribution in [3.8, 4) is 0 Å². The molecule has 8 heteroatoms. The van der Waals surface area contributed by atoms with Gasteiger partial charge in [-0.3, -0.25) is 0 Å². The molecule has 0 radical (unpaired) electrons. The molecule has 1 N–H and O–H groups in total. The molecule has 0 atom stereocenters. The van der Waals surface area contributed by atoms with Crippen LogP contribution in [-0.2, 0) is 10.0 Å². The molecule has 18 heavy (non-hydrogen) atoms. The van der Waals surface area contributed by atoms with Gasteiger partial charge in [-0.15, -0.1) is 0 Å². The van der Waals surface area contributed by atoms with Crippen LogP contribution in [-0.4, -0.2) is 37.5 Å². The predicted molar refractivity (Wildman–Crippen MR) is 65.6 cm³/mol. The van der Waals surface area contributed by atoms with E-state index in [1.807, 2.05) is 0 Å². The third-order valence-electron chi connectivity index (χ3n) is 2.29. The van der Waals surface area contributed by atoms with Crippen molar-refractivity contribution in [2.24, 2.45) is 0 Å². The summed E-state index contributed by atoms with van der Waals surface area (Å²) >= 11 is 2.89. The van der Waals surface area contributed by atoms with Crippen molar-refractivity contribution in [1.29, 1.82) is 0 Å². The first-order valence-electron chi connectivity index (χ1n) is 5.10. The average molecular weight is 344 g/mol. The lowest BCUT2D eigenvalue weighted by Gasteiger charge is -2.20. The van der Waals surface area contributed by atoms with Gasteiger partial charge in [-0.05, 0) is 28.1 Å². The average Bonchev–Trinajstić information content (AvgIpc) is 2.30. The summed E-state index contributed by atoms with van der Waals surface area (Å²) < 4.78 is 51.2. The summed E-state index contributed by atoms with van der Waals surface area (Å²) in [4.78, 5) is -0.364. The molecule has 0 unspecified atom stereocenters. The van der Waals surface area contributed by atoms with E-state index in [0.717, 1.165) is 10.4 Å². The van der Waals surface area contributed by atoms with Crippen LogP contribution < -0.4 is 0 Å². The van der Waals surface area contributed by atoms with E-state index < -0.39 is 21.7 Å². The van der Waals surface area contributed by atoms with Gasteiger partial charge in [0, 0.05) is 17.6 Å². The van der Waals surface area contributed by atoms with E-state index in [1.165, 1.54) is 0 Å². The Bertz CT molecular complexity index is 536. The molecular formula is C10H12BrF2NO3S. The maximum Gasteiger partial charge on any atom is 0.244 e. The van der Waals surface area contributed by atoms with E-state index in [9.17, 15) is 17.2 Å². The number of rotatable bonds is 5. The molecular weight excluding hydrogens is 332 g/mol. The highest BCUT2D eigenvalue weighted by molar-refractivity contribution is 9.10. The molecule has 0 aliphatic heterocycles. The first-order chi connectivity index (χ1) is 8.34. The Kier molecular flexibility index (Phi) is 5.20. The van der Waals surface area contributed by atoms with Gasteiger partial charge in [0.2, 0.25) is 10.0 Å². The van der Waals surface area contributed by atoms with Crippen LogP contribution in [0.3, 0.4) is 0 Å². The second-order valence-corrected chi connectivity index (χ2v) is 6.18. The number of aliphatic hydroxyl groups is 1. The standard InChI is InChI=1S/C10H12BrF2NO3S/c1-2-14(3-4-15)18(16,17)10-6-9(13)8(12)5-7(10)11/h5-6,15H,2-4H2,1H3. The number of hydrogen-bond acceptors (Lipinski definition) is 3. The molecule has 4 nitrogen and oxygen atoms in total. The van der Waals surface area contributed by atoms with Crippen LogP contribution >= 0.6 is 15.9 Å². The Hall–Kier alpha value is -0.570. The lowest BCUT2D eigenvalue weighted by atomic mass is 10.3. The van der Waals surface area contributed by atoms with Crippen LogP contribution in [0.4, 0.5) is 8.78 Å². The van der Waals surface area contributed by atoms with Crippen LogP contribution in [0.15, 0.2) is 21.5 Å². The smallest absolute Gasteiger partial charge is 0.244 e. The molecule has 0 aliphatic rings. The summed E-state index contributed by atoms with van der Waals surface area (Å²) in [5, 5.41) is 8.79. The SMILES string of the molecule is CCN(CCO)S(=O)(=O)c1cc(F)c(F)cc1Br. The van der Waals surface area contributed by atoms with Gasteiger partial charge < -0.3 is 5.11 Å². The zero-order chi connectivity index (χ0) is 13.9. The highest BCUT2D eigenvalue weighted by Crippen LogP contribution is 2.27. The maximum atomic E-state index is 13.1. The Morgan fingerprint density at radius 1 is 1.33 bits per heavy atom. The summed E-state index contributed by atoms with van der Waals surface area (Å²) in [5.41, 5.74) is 0. The van der Waals surface area contributed by atoms with Crippen molar-refractivity contribution >= 4 is 26.0 Å². The first-order valence-corrected chi connectivity index (χ1v) is 7.33. The van der Waals surface area contributed by atoms with Gasteiger partial charge in [0.25, 0.3) is 0 Å². The lowest BCUT2D eigenvalue weighted by Crippen LogP contribution is -2.33. The third kappa shape index (κ3) is 3.05. The number of hydrogen-bond donors (Lipinski definition) is 1. The lowest BCUT2D eigenvalue weighted by molar-refractivity contribution is 0.257. The number of nitrogens with zero attached hydrogens (tertiary/aromatic N) is 1. The summed E-state index contributed by atoms with van der Waals surface area (Å²) in [5.74, 6) is -2.37. The normalized spacial score (nSPS) is 12.1. The minimum absolute atomic E-state index is 0.0576. The van der Waals surface area contributed by atoms with E-state index in [0.29, 0.717) is 6.07 Å². The summed E-state index contributed by atoms with van der Waals surface area (Å²) in [6.45, 7) is 1.24. The van der Waals surface area contributed by atoms with Gasteiger partial charge in [-0.25, -0.2) is 17.2 Å². The molecule has 0 spiro atoms. The second kappa shape index (κ2) is 6.05. The molecule has 0 fully saturated rings. The van der Waals surface area contributed by atoms with Gasteiger partial charge in [-0.2, -0.15) is 4.31 Å². The van der Waals surface area contributed by atoms with E-state index >= 15 is 0 Å². The summed E-state index contributed by atoms with van der Waals surface area (Å²) in [6, 6.07) is 1.38. The fraction of sp³-hybridized carbons (Fsp3) is 0.400. The molecule has 0 aromatic heterocycles. The van der Waals surface area contributed by atoms with Crippen LogP contribution in [0.1, 0.15) is 6.92 Å².